The van der Waals surface area contributed by atoms with Crippen molar-refractivity contribution < 1.29 is 27.3 Å². The molecule has 0 bridgehead atoms. The van der Waals surface area contributed by atoms with Crippen molar-refractivity contribution in [1.29, 1.82) is 0 Å². The fraction of sp³-hybridized carbons (Fsp3) is 0.381. The van der Waals surface area contributed by atoms with Gasteiger partial charge in [-0.1, -0.05) is 6.07 Å². The lowest BCUT2D eigenvalue weighted by atomic mass is 10.1. The Labute approximate surface area is 181 Å². The molecule has 1 unspecified atom stereocenters. The van der Waals surface area contributed by atoms with Crippen molar-refractivity contribution in [3.63, 3.8) is 0 Å². The van der Waals surface area contributed by atoms with Crippen LogP contribution in [-0.4, -0.2) is 48.0 Å². The summed E-state index contributed by atoms with van der Waals surface area (Å²) >= 11 is 0. The van der Waals surface area contributed by atoms with E-state index in [1.807, 2.05) is 4.90 Å². The molecule has 3 rings (SSSR count). The number of nitrogens with one attached hydrogen (secondary N) is 1. The number of amides is 1. The van der Waals surface area contributed by atoms with E-state index in [4.69, 9.17) is 0 Å². The van der Waals surface area contributed by atoms with E-state index >= 15 is 0 Å². The number of aryl methyl sites for hydroxylation is 1. The van der Waals surface area contributed by atoms with Crippen LogP contribution in [0.1, 0.15) is 18.1 Å². The maximum absolute atomic E-state index is 13.5. The van der Waals surface area contributed by atoms with Gasteiger partial charge in [-0.05, 0) is 43.7 Å². The monoisotopic (exact) mass is 454 g/mol. The molecule has 7 nitrogen and oxygen atoms in total. The highest BCUT2D eigenvalue weighted by Gasteiger charge is 2.34. The Hall–Kier alpha value is -3.21. The maximum atomic E-state index is 13.5. The molecule has 0 radical (unpaired) electrons. The van der Waals surface area contributed by atoms with Crippen molar-refractivity contribution in [2.75, 3.05) is 36.4 Å². The highest BCUT2D eigenvalue weighted by molar-refractivity contribution is 5.95. The molecule has 1 N–H and O–H groups in total. The molecule has 2 aromatic rings. The minimum atomic E-state index is -4.68. The zero-order chi connectivity index (χ0) is 23.6. The van der Waals surface area contributed by atoms with Crippen LogP contribution in [0.2, 0.25) is 0 Å². The van der Waals surface area contributed by atoms with E-state index in [9.17, 15) is 32.5 Å². The van der Waals surface area contributed by atoms with Crippen LogP contribution in [0.15, 0.2) is 36.4 Å². The summed E-state index contributed by atoms with van der Waals surface area (Å²) in [5, 5.41) is 14.1. The molecule has 32 heavy (non-hydrogen) atoms. The second-order valence-corrected chi connectivity index (χ2v) is 7.61. The van der Waals surface area contributed by atoms with Crippen LogP contribution in [0.4, 0.5) is 34.6 Å². The van der Waals surface area contributed by atoms with Crippen molar-refractivity contribution >= 4 is 23.0 Å². The maximum Gasteiger partial charge on any atom is 0.416 e. The molecular formula is C21H22F4N4O3. The average Bonchev–Trinajstić information content (AvgIpc) is 2.74. The number of anilines is 2. The van der Waals surface area contributed by atoms with Gasteiger partial charge in [-0.15, -0.1) is 0 Å². The second-order valence-electron chi connectivity index (χ2n) is 7.61. The third-order valence-electron chi connectivity index (χ3n) is 5.54. The molecule has 172 valence electrons. The first kappa shape index (κ1) is 23.5. The number of nitro benzene ring substituents is 1. The van der Waals surface area contributed by atoms with Gasteiger partial charge in [0, 0.05) is 37.9 Å². The predicted octanol–water partition coefficient (Wildman–Crippen LogP) is 4.21. The Morgan fingerprint density at radius 2 is 1.78 bits per heavy atom. The zero-order valence-corrected chi connectivity index (χ0v) is 17.4. The molecule has 0 spiro atoms. The van der Waals surface area contributed by atoms with E-state index in [0.717, 1.165) is 12.1 Å². The first-order valence-electron chi connectivity index (χ1n) is 9.89. The van der Waals surface area contributed by atoms with Crippen LogP contribution in [0, 0.1) is 22.9 Å². The summed E-state index contributed by atoms with van der Waals surface area (Å²) in [5.41, 5.74) is -0.493. The molecule has 0 aliphatic carbocycles. The van der Waals surface area contributed by atoms with Gasteiger partial charge < -0.3 is 10.2 Å². The van der Waals surface area contributed by atoms with E-state index in [0.29, 0.717) is 43.5 Å². The first-order chi connectivity index (χ1) is 15.0. The average molecular weight is 454 g/mol. The SMILES string of the molecule is Cc1ccc(F)cc1NC(=O)C(C)N1CCN(c2ccc(C(F)(F)F)cc2[N+](=O)[O-])CC1. The number of benzene rings is 2. The number of rotatable bonds is 5. The number of hydrogen-bond acceptors (Lipinski definition) is 5. The van der Waals surface area contributed by atoms with Gasteiger partial charge in [-0.25, -0.2) is 4.39 Å². The smallest absolute Gasteiger partial charge is 0.363 e. The van der Waals surface area contributed by atoms with Crippen LogP contribution in [-0.2, 0) is 11.0 Å². The number of carbonyl (C=O) groups is 1. The van der Waals surface area contributed by atoms with E-state index in [-0.39, 0.29) is 11.6 Å². The van der Waals surface area contributed by atoms with E-state index < -0.39 is 34.2 Å². The molecule has 1 aliphatic rings. The summed E-state index contributed by atoms with van der Waals surface area (Å²) < 4.78 is 52.2. The van der Waals surface area contributed by atoms with E-state index in [2.05, 4.69) is 5.32 Å². The molecule has 0 saturated carbocycles. The minimum absolute atomic E-state index is 0.107. The Balaban J connectivity index is 1.67. The van der Waals surface area contributed by atoms with Gasteiger partial charge in [0.1, 0.15) is 11.5 Å². The number of carbonyl (C=O) groups excluding carboxylic acids is 1. The molecule has 1 heterocycles. The zero-order valence-electron chi connectivity index (χ0n) is 17.4. The largest absolute Gasteiger partial charge is 0.416 e. The Morgan fingerprint density at radius 3 is 2.38 bits per heavy atom. The van der Waals surface area contributed by atoms with Gasteiger partial charge in [-0.2, -0.15) is 13.2 Å². The fourth-order valence-corrected chi connectivity index (χ4v) is 3.60. The highest BCUT2D eigenvalue weighted by atomic mass is 19.4. The summed E-state index contributed by atoms with van der Waals surface area (Å²) in [4.78, 5) is 26.6. The van der Waals surface area contributed by atoms with Gasteiger partial charge in [0.25, 0.3) is 5.69 Å². The fourth-order valence-electron chi connectivity index (χ4n) is 3.60. The number of hydrogen-bond donors (Lipinski definition) is 1. The van der Waals surface area contributed by atoms with E-state index in [1.54, 1.807) is 24.8 Å². The quantitative estimate of drug-likeness (QED) is 0.416. The van der Waals surface area contributed by atoms with Crippen molar-refractivity contribution in [2.24, 2.45) is 0 Å². The van der Waals surface area contributed by atoms with Gasteiger partial charge in [0.05, 0.1) is 16.5 Å². The molecule has 1 atom stereocenters. The van der Waals surface area contributed by atoms with Crippen molar-refractivity contribution in [3.05, 3.63) is 63.5 Å². The second kappa shape index (κ2) is 9.11. The van der Waals surface area contributed by atoms with Crippen molar-refractivity contribution in [2.45, 2.75) is 26.1 Å². The van der Waals surface area contributed by atoms with Gasteiger partial charge in [0.15, 0.2) is 0 Å². The van der Waals surface area contributed by atoms with Gasteiger partial charge >= 0.3 is 6.18 Å². The lowest BCUT2D eigenvalue weighted by Gasteiger charge is -2.38. The lowest BCUT2D eigenvalue weighted by Crippen LogP contribution is -2.53. The van der Waals surface area contributed by atoms with Crippen molar-refractivity contribution in [1.82, 2.24) is 4.90 Å². The Morgan fingerprint density at radius 1 is 1.12 bits per heavy atom. The van der Waals surface area contributed by atoms with Gasteiger partial charge in [-0.3, -0.25) is 19.8 Å². The minimum Gasteiger partial charge on any atom is -0.363 e. The number of halogens is 4. The summed E-state index contributed by atoms with van der Waals surface area (Å²) in [7, 11) is 0. The van der Waals surface area contributed by atoms with Crippen LogP contribution in [0.3, 0.4) is 0 Å². The number of nitrogens with zero attached hydrogens (tertiary/aromatic N) is 3. The molecule has 1 aliphatic heterocycles. The summed E-state index contributed by atoms with van der Waals surface area (Å²) in [6.45, 7) is 4.77. The van der Waals surface area contributed by atoms with Crippen LogP contribution in [0.5, 0.6) is 0 Å². The van der Waals surface area contributed by atoms with Crippen LogP contribution >= 0.6 is 0 Å². The van der Waals surface area contributed by atoms with Crippen molar-refractivity contribution in [3.8, 4) is 0 Å². The van der Waals surface area contributed by atoms with Gasteiger partial charge in [0.2, 0.25) is 5.91 Å². The number of alkyl halides is 3. The Kier molecular flexibility index (Phi) is 6.68. The standard InChI is InChI=1S/C21H22F4N4O3/c1-13-3-5-16(22)12-17(13)26-20(30)14(2)27-7-9-28(10-8-27)18-6-4-15(21(23,24)25)11-19(18)29(31)32/h3-6,11-12,14H,7-10H2,1-2H3,(H,26,30). The third-order valence-corrected chi connectivity index (χ3v) is 5.54. The number of piperazine rings is 1. The summed E-state index contributed by atoms with van der Waals surface area (Å²) in [6, 6.07) is 6.02. The Bertz CT molecular complexity index is 1020. The summed E-state index contributed by atoms with van der Waals surface area (Å²) in [5.74, 6) is -0.794. The third kappa shape index (κ3) is 5.16. The lowest BCUT2D eigenvalue weighted by molar-refractivity contribution is -0.384. The van der Waals surface area contributed by atoms with E-state index in [1.165, 1.54) is 12.1 Å². The molecular weight excluding hydrogens is 432 g/mol. The van der Waals surface area contributed by atoms with Crippen LogP contribution < -0.4 is 10.2 Å². The predicted molar refractivity (Wildman–Crippen MR) is 111 cm³/mol. The first-order valence-corrected chi connectivity index (χ1v) is 9.89. The molecule has 11 heteroatoms. The molecule has 1 fully saturated rings. The summed E-state index contributed by atoms with van der Waals surface area (Å²) in [6.07, 6.45) is -4.68. The highest BCUT2D eigenvalue weighted by Crippen LogP contribution is 2.36. The molecule has 0 aromatic heterocycles. The van der Waals surface area contributed by atoms with Crippen LogP contribution in [0.25, 0.3) is 0 Å². The number of nitro groups is 1. The molecule has 1 saturated heterocycles. The topological polar surface area (TPSA) is 78.7 Å². The molecule has 2 aromatic carbocycles. The molecule has 1 amide bonds. The normalized spacial score (nSPS) is 16.0.